The standard InChI is InChI=1S/C28H30N2O8S/c1-16-24-23(17(2)31)27(32)29(24)25(28(33)38-13-18-8-10-19(11-9-18)30(34)35)26(16)39-22-12-21(37-15-22)14-36-20-6-4-3-5-7-20/h3-11,16-17,21-24,31H,12-15H2,1-2H3. The average molecular weight is 555 g/mol. The number of ether oxygens (including phenoxy) is 3. The molecule has 5 rings (SSSR count). The van der Waals surface area contributed by atoms with Gasteiger partial charge in [-0.05, 0) is 43.2 Å². The highest BCUT2D eigenvalue weighted by molar-refractivity contribution is 8.03. The van der Waals surface area contributed by atoms with Crippen molar-refractivity contribution in [1.82, 2.24) is 4.90 Å². The van der Waals surface area contributed by atoms with Crippen molar-refractivity contribution in [1.29, 1.82) is 0 Å². The first kappa shape index (κ1) is 27.2. The van der Waals surface area contributed by atoms with E-state index in [4.69, 9.17) is 14.2 Å². The molecule has 3 heterocycles. The molecule has 206 valence electrons. The smallest absolute Gasteiger partial charge is 0.356 e. The van der Waals surface area contributed by atoms with Crippen molar-refractivity contribution in [3.05, 3.63) is 80.9 Å². The summed E-state index contributed by atoms with van der Waals surface area (Å²) in [5, 5.41) is 21.2. The molecule has 2 aromatic carbocycles. The number of fused-ring (bicyclic) bond motifs is 1. The molecule has 0 radical (unpaired) electrons. The molecule has 0 aromatic heterocycles. The number of esters is 1. The van der Waals surface area contributed by atoms with Crippen LogP contribution in [0.2, 0.25) is 0 Å². The number of aliphatic hydroxyl groups excluding tert-OH is 1. The second kappa shape index (κ2) is 11.4. The summed E-state index contributed by atoms with van der Waals surface area (Å²) in [7, 11) is 0. The summed E-state index contributed by atoms with van der Waals surface area (Å²) in [6.45, 7) is 4.35. The lowest BCUT2D eigenvalue weighted by molar-refractivity contribution is -0.384. The third-order valence-electron chi connectivity index (χ3n) is 7.34. The Morgan fingerprint density at radius 3 is 2.62 bits per heavy atom. The number of nitrogens with zero attached hydrogens (tertiary/aromatic N) is 2. The van der Waals surface area contributed by atoms with Gasteiger partial charge in [-0.2, -0.15) is 0 Å². The first-order valence-corrected chi connectivity index (χ1v) is 13.7. The van der Waals surface area contributed by atoms with Gasteiger partial charge in [0, 0.05) is 28.2 Å². The lowest BCUT2D eigenvalue weighted by Gasteiger charge is -2.46. The van der Waals surface area contributed by atoms with Crippen LogP contribution in [0.1, 0.15) is 25.8 Å². The lowest BCUT2D eigenvalue weighted by Crippen LogP contribution is -2.63. The Bertz CT molecular complexity index is 1270. The summed E-state index contributed by atoms with van der Waals surface area (Å²) in [4.78, 5) is 39.0. The molecule has 0 bridgehead atoms. The summed E-state index contributed by atoms with van der Waals surface area (Å²) in [6, 6.07) is 15.0. The van der Waals surface area contributed by atoms with Crippen molar-refractivity contribution in [2.75, 3.05) is 13.2 Å². The van der Waals surface area contributed by atoms with Gasteiger partial charge in [-0.1, -0.05) is 25.1 Å². The molecule has 2 aromatic rings. The molecule has 11 heteroatoms. The van der Waals surface area contributed by atoms with Crippen molar-refractivity contribution < 1.29 is 33.8 Å². The molecule has 39 heavy (non-hydrogen) atoms. The molecule has 6 unspecified atom stereocenters. The van der Waals surface area contributed by atoms with E-state index < -0.39 is 22.9 Å². The third kappa shape index (κ3) is 5.52. The molecule has 1 N–H and O–H groups in total. The Morgan fingerprint density at radius 2 is 1.95 bits per heavy atom. The number of benzene rings is 2. The van der Waals surface area contributed by atoms with E-state index in [1.165, 1.54) is 40.9 Å². The molecule has 2 saturated heterocycles. The first-order valence-electron chi connectivity index (χ1n) is 12.9. The van der Waals surface area contributed by atoms with Gasteiger partial charge in [0.15, 0.2) is 0 Å². The minimum atomic E-state index is -0.836. The van der Waals surface area contributed by atoms with E-state index in [0.29, 0.717) is 18.8 Å². The number of aliphatic hydroxyl groups is 1. The molecular weight excluding hydrogens is 524 g/mol. The molecular formula is C28H30N2O8S. The van der Waals surface area contributed by atoms with E-state index in [1.54, 1.807) is 6.92 Å². The number of β-lactam (4-membered cyclic amide) rings is 1. The van der Waals surface area contributed by atoms with E-state index in [-0.39, 0.29) is 47.2 Å². The summed E-state index contributed by atoms with van der Waals surface area (Å²) in [6.07, 6.45) is -0.212. The minimum absolute atomic E-state index is 0.0551. The average Bonchev–Trinajstić information content (AvgIpc) is 3.47. The van der Waals surface area contributed by atoms with Crippen molar-refractivity contribution in [2.24, 2.45) is 11.8 Å². The van der Waals surface area contributed by atoms with Crippen molar-refractivity contribution >= 4 is 29.3 Å². The zero-order valence-electron chi connectivity index (χ0n) is 21.6. The van der Waals surface area contributed by atoms with Crippen molar-refractivity contribution in [3.63, 3.8) is 0 Å². The van der Waals surface area contributed by atoms with Crippen LogP contribution in [0.3, 0.4) is 0 Å². The fourth-order valence-electron chi connectivity index (χ4n) is 5.36. The number of hydrogen-bond acceptors (Lipinski definition) is 9. The number of carbonyl (C=O) groups excluding carboxylic acids is 2. The van der Waals surface area contributed by atoms with Crippen LogP contribution < -0.4 is 4.74 Å². The maximum absolute atomic E-state index is 13.3. The van der Waals surface area contributed by atoms with E-state index >= 15 is 0 Å². The van der Waals surface area contributed by atoms with Gasteiger partial charge in [-0.15, -0.1) is 11.8 Å². The second-order valence-corrected chi connectivity index (χ2v) is 11.4. The predicted molar refractivity (Wildman–Crippen MR) is 143 cm³/mol. The van der Waals surface area contributed by atoms with E-state index in [2.05, 4.69) is 0 Å². The fourth-order valence-corrected chi connectivity index (χ4v) is 6.82. The van der Waals surface area contributed by atoms with Gasteiger partial charge in [0.2, 0.25) is 5.91 Å². The SMILES string of the molecule is CC(O)C1C(=O)N2C(C(=O)OCc3ccc([N+](=O)[O-])cc3)=C(SC3COC(COc4ccccc4)C3)C(C)C12. The number of nitro groups is 1. The van der Waals surface area contributed by atoms with E-state index in [1.807, 2.05) is 37.3 Å². The third-order valence-corrected chi connectivity index (χ3v) is 8.82. The Labute approximate surface area is 230 Å². The van der Waals surface area contributed by atoms with Gasteiger partial charge in [-0.25, -0.2) is 4.79 Å². The van der Waals surface area contributed by atoms with Crippen LogP contribution in [0.25, 0.3) is 0 Å². The first-order chi connectivity index (χ1) is 18.7. The number of thioether (sulfide) groups is 1. The Kier molecular flexibility index (Phi) is 7.92. The molecule has 2 fully saturated rings. The van der Waals surface area contributed by atoms with Gasteiger partial charge in [0.05, 0.1) is 35.7 Å². The molecule has 3 aliphatic heterocycles. The van der Waals surface area contributed by atoms with Gasteiger partial charge in [0.1, 0.15) is 24.7 Å². The molecule has 10 nitrogen and oxygen atoms in total. The topological polar surface area (TPSA) is 128 Å². The quantitative estimate of drug-likeness (QED) is 0.202. The van der Waals surface area contributed by atoms with Crippen LogP contribution in [0.5, 0.6) is 5.75 Å². The van der Waals surface area contributed by atoms with Gasteiger partial charge in [0.25, 0.3) is 5.69 Å². The van der Waals surface area contributed by atoms with Crippen LogP contribution in [0.4, 0.5) is 5.69 Å². The molecule has 1 amide bonds. The molecule has 6 atom stereocenters. The number of amides is 1. The molecule has 0 saturated carbocycles. The minimum Gasteiger partial charge on any atom is -0.491 e. The fraction of sp³-hybridized carbons (Fsp3) is 0.429. The zero-order chi connectivity index (χ0) is 27.7. The van der Waals surface area contributed by atoms with Gasteiger partial charge >= 0.3 is 5.97 Å². The number of carbonyl (C=O) groups is 2. The summed E-state index contributed by atoms with van der Waals surface area (Å²) in [5.74, 6) is -0.896. The summed E-state index contributed by atoms with van der Waals surface area (Å²) < 4.78 is 17.4. The molecule has 0 spiro atoms. The van der Waals surface area contributed by atoms with Crippen LogP contribution >= 0.6 is 11.8 Å². The van der Waals surface area contributed by atoms with Crippen LogP contribution in [-0.2, 0) is 25.7 Å². The van der Waals surface area contributed by atoms with Crippen LogP contribution in [-0.4, -0.2) is 63.5 Å². The highest BCUT2D eigenvalue weighted by atomic mass is 32.2. The largest absolute Gasteiger partial charge is 0.491 e. The maximum Gasteiger partial charge on any atom is 0.356 e. The molecule has 0 aliphatic carbocycles. The number of hydrogen-bond donors (Lipinski definition) is 1. The van der Waals surface area contributed by atoms with Crippen LogP contribution in [0.15, 0.2) is 65.2 Å². The Balaban J connectivity index is 1.28. The highest BCUT2D eigenvalue weighted by Gasteiger charge is 2.60. The number of rotatable bonds is 10. The van der Waals surface area contributed by atoms with Gasteiger partial charge < -0.3 is 24.2 Å². The predicted octanol–water partition coefficient (Wildman–Crippen LogP) is 3.68. The zero-order valence-corrected chi connectivity index (χ0v) is 22.4. The number of nitro benzene ring substituents is 1. The van der Waals surface area contributed by atoms with Crippen molar-refractivity contribution in [2.45, 2.75) is 50.4 Å². The second-order valence-electron chi connectivity index (χ2n) is 10.0. The maximum atomic E-state index is 13.3. The van der Waals surface area contributed by atoms with Gasteiger partial charge in [-0.3, -0.25) is 14.9 Å². The van der Waals surface area contributed by atoms with Crippen LogP contribution in [0, 0.1) is 22.0 Å². The summed E-state index contributed by atoms with van der Waals surface area (Å²) in [5.41, 5.74) is 0.749. The number of para-hydroxylation sites is 1. The Morgan fingerprint density at radius 1 is 1.23 bits per heavy atom. The lowest BCUT2D eigenvalue weighted by atomic mass is 9.79. The normalized spacial score (nSPS) is 26.7. The van der Waals surface area contributed by atoms with E-state index in [0.717, 1.165) is 17.1 Å². The molecule has 3 aliphatic rings. The Hall–Kier alpha value is -3.41. The number of non-ortho nitro benzene ring substituents is 1. The monoisotopic (exact) mass is 554 g/mol. The highest BCUT2D eigenvalue weighted by Crippen LogP contribution is 2.52. The summed E-state index contributed by atoms with van der Waals surface area (Å²) >= 11 is 1.52. The van der Waals surface area contributed by atoms with E-state index in [9.17, 15) is 24.8 Å². The van der Waals surface area contributed by atoms with Crippen molar-refractivity contribution in [3.8, 4) is 5.75 Å².